The normalized spacial score (nSPS) is 17.4. The summed E-state index contributed by atoms with van der Waals surface area (Å²) in [6, 6.07) is 6.33. The van der Waals surface area contributed by atoms with Gasteiger partial charge in [-0.25, -0.2) is 10.2 Å². The van der Waals surface area contributed by atoms with Gasteiger partial charge in [0.1, 0.15) is 5.69 Å². The van der Waals surface area contributed by atoms with Crippen molar-refractivity contribution in [3.8, 4) is 6.57 Å². The molecule has 0 radical (unpaired) electrons. The molecule has 34 heavy (non-hydrogen) atoms. The van der Waals surface area contributed by atoms with Crippen LogP contribution in [-0.2, 0) is 0 Å². The zero-order chi connectivity index (χ0) is 24.7. The average molecular weight is 481 g/mol. The summed E-state index contributed by atoms with van der Waals surface area (Å²) in [4.78, 5) is 26.0. The van der Waals surface area contributed by atoms with Crippen LogP contribution in [0.3, 0.4) is 0 Å². The van der Waals surface area contributed by atoms with Crippen LogP contribution < -0.4 is 25.7 Å². The van der Waals surface area contributed by atoms with Crippen molar-refractivity contribution >= 4 is 49.9 Å². The molecule has 2 aromatic rings. The van der Waals surface area contributed by atoms with Crippen LogP contribution >= 0.6 is 9.24 Å². The summed E-state index contributed by atoms with van der Waals surface area (Å²) in [6.45, 7) is 8.99. The topological polar surface area (TPSA) is 121 Å². The highest BCUT2D eigenvalue weighted by Crippen LogP contribution is 2.39. The Hall–Kier alpha value is -3.24. The number of aromatic nitrogens is 2. The van der Waals surface area contributed by atoms with Crippen molar-refractivity contribution in [2.24, 2.45) is 0 Å². The molecule has 0 saturated heterocycles. The third kappa shape index (κ3) is 5.28. The van der Waals surface area contributed by atoms with E-state index in [1.54, 1.807) is 6.07 Å². The van der Waals surface area contributed by atoms with E-state index in [0.717, 1.165) is 35.5 Å². The van der Waals surface area contributed by atoms with E-state index in [2.05, 4.69) is 43.3 Å². The first-order valence-electron chi connectivity index (χ1n) is 11.7. The molecule has 4 rings (SSSR count). The number of carbonyl (C=O) groups is 1. The fourth-order valence-electron chi connectivity index (χ4n) is 4.71. The summed E-state index contributed by atoms with van der Waals surface area (Å²) in [5.74, 6) is 1.33. The fraction of sp³-hybridized carbons (Fsp3) is 0.458. The van der Waals surface area contributed by atoms with Gasteiger partial charge in [-0.1, -0.05) is 19.8 Å². The quantitative estimate of drug-likeness (QED) is 0.315. The highest BCUT2D eigenvalue weighted by molar-refractivity contribution is 7.28. The van der Waals surface area contributed by atoms with Gasteiger partial charge in [0.25, 0.3) is 5.91 Å². The highest BCUT2D eigenvalue weighted by Gasteiger charge is 2.36. The molecule has 180 valence electrons. The molecule has 1 aliphatic heterocycles. The minimum absolute atomic E-state index is 0.0858. The summed E-state index contributed by atoms with van der Waals surface area (Å²) >= 11 is 0. The number of hydrogen-bond acceptors (Lipinski definition) is 7. The minimum Gasteiger partial charge on any atom is -0.352 e. The third-order valence-electron chi connectivity index (χ3n) is 6.35. The molecule has 0 spiro atoms. The van der Waals surface area contributed by atoms with Crippen LogP contribution in [0, 0.1) is 17.2 Å². The number of amides is 1. The zero-order valence-electron chi connectivity index (χ0n) is 19.8. The van der Waals surface area contributed by atoms with Crippen molar-refractivity contribution in [3.63, 3.8) is 0 Å². The largest absolute Gasteiger partial charge is 0.352 e. The maximum Gasteiger partial charge on any atom is 0.251 e. The van der Waals surface area contributed by atoms with Crippen LogP contribution in [0.4, 0.5) is 23.1 Å². The molecule has 1 fully saturated rings. The van der Waals surface area contributed by atoms with E-state index in [-0.39, 0.29) is 5.91 Å². The van der Waals surface area contributed by atoms with Crippen LogP contribution in [0.5, 0.6) is 0 Å². The molecule has 10 heteroatoms. The molecule has 1 aliphatic carbocycles. The smallest absolute Gasteiger partial charge is 0.251 e. The van der Waals surface area contributed by atoms with E-state index in [1.807, 2.05) is 30.2 Å². The lowest BCUT2D eigenvalue weighted by Crippen LogP contribution is -2.52. The number of nitrogens with zero attached hydrogens (tertiary/aromatic N) is 5. The van der Waals surface area contributed by atoms with Crippen LogP contribution in [0.15, 0.2) is 24.4 Å². The molecule has 2 unspecified atom stereocenters. The number of benzene rings is 1. The van der Waals surface area contributed by atoms with E-state index >= 15 is 0 Å². The van der Waals surface area contributed by atoms with Gasteiger partial charge in [-0.2, -0.15) is 4.98 Å². The standard InChI is InChI=1S/C23H32N7OP.CHN/c1-3-16-13-29(14-24)19-12-26-23(28-21(19)30(16)17-7-5-6-8-17)27-18-10-9-15(11-20(18)32)22(31)25-4-2;1-2/h9-12,14,16-17,24H,3-8,13,32H2,1-2H3,(H,25,31)(H,26,27,28);1H. The first-order chi connectivity index (χ1) is 16.5. The first kappa shape index (κ1) is 25.4. The monoisotopic (exact) mass is 480 g/mol. The lowest BCUT2D eigenvalue weighted by Gasteiger charge is -2.44. The molecule has 2 atom stereocenters. The molecule has 1 amide bonds. The van der Waals surface area contributed by atoms with E-state index in [1.165, 1.54) is 32.0 Å². The van der Waals surface area contributed by atoms with E-state index < -0.39 is 0 Å². The Balaban J connectivity index is 0.00000158. The van der Waals surface area contributed by atoms with E-state index in [9.17, 15) is 4.79 Å². The Morgan fingerprint density at radius 3 is 2.68 bits per heavy atom. The van der Waals surface area contributed by atoms with Gasteiger partial charge >= 0.3 is 0 Å². The summed E-state index contributed by atoms with van der Waals surface area (Å²) in [6.07, 6.45) is 9.08. The minimum atomic E-state index is -0.0858. The van der Waals surface area contributed by atoms with Gasteiger partial charge < -0.3 is 20.4 Å². The summed E-state index contributed by atoms with van der Waals surface area (Å²) < 4.78 is 0. The summed E-state index contributed by atoms with van der Waals surface area (Å²) in [5, 5.41) is 21.4. The van der Waals surface area contributed by atoms with Crippen molar-refractivity contribution in [3.05, 3.63) is 30.0 Å². The van der Waals surface area contributed by atoms with Gasteiger partial charge in [0, 0.05) is 43.0 Å². The molecule has 0 bridgehead atoms. The Morgan fingerprint density at radius 2 is 2.06 bits per heavy atom. The fourth-order valence-corrected chi connectivity index (χ4v) is 5.06. The molecule has 1 saturated carbocycles. The van der Waals surface area contributed by atoms with Crippen molar-refractivity contribution < 1.29 is 4.79 Å². The molecule has 2 heterocycles. The molecule has 1 aromatic heterocycles. The maximum atomic E-state index is 12.1. The Labute approximate surface area is 203 Å². The lowest BCUT2D eigenvalue weighted by atomic mass is 10.0. The van der Waals surface area contributed by atoms with Gasteiger partial charge in [-0.05, 0) is 49.7 Å². The van der Waals surface area contributed by atoms with Gasteiger partial charge in [0.05, 0.1) is 12.5 Å². The maximum absolute atomic E-state index is 12.1. The number of anilines is 4. The van der Waals surface area contributed by atoms with E-state index in [4.69, 9.17) is 15.7 Å². The van der Waals surface area contributed by atoms with Crippen LogP contribution in [0.2, 0.25) is 0 Å². The SMILES string of the molecule is C#N.CCNC(=O)c1ccc(Nc2ncc3c(n2)N(C2CCCC2)C(CC)CN3C=N)c(P)c1. The summed E-state index contributed by atoms with van der Waals surface area (Å²) in [5.41, 5.74) is 2.34. The number of nitriles is 1. The first-order valence-corrected chi connectivity index (χ1v) is 12.3. The summed E-state index contributed by atoms with van der Waals surface area (Å²) in [7, 11) is 2.68. The number of fused-ring (bicyclic) bond motifs is 1. The van der Waals surface area contributed by atoms with Crippen molar-refractivity contribution in [1.29, 1.82) is 10.7 Å². The van der Waals surface area contributed by atoms with E-state index in [0.29, 0.717) is 30.1 Å². The Bertz CT molecular complexity index is 1040. The molecule has 2 aliphatic rings. The molecule has 3 N–H and O–H groups in total. The number of hydrogen-bond donors (Lipinski definition) is 3. The van der Waals surface area contributed by atoms with Crippen LogP contribution in [-0.4, -0.2) is 47.4 Å². The molecule has 9 nitrogen and oxygen atoms in total. The third-order valence-corrected chi connectivity index (χ3v) is 6.83. The predicted molar refractivity (Wildman–Crippen MR) is 141 cm³/mol. The van der Waals surface area contributed by atoms with Gasteiger partial charge in [0.15, 0.2) is 5.82 Å². The van der Waals surface area contributed by atoms with Crippen LogP contribution in [0.1, 0.15) is 56.3 Å². The van der Waals surface area contributed by atoms with Gasteiger partial charge in [-0.15, -0.1) is 9.24 Å². The van der Waals surface area contributed by atoms with Crippen molar-refractivity contribution in [2.75, 3.05) is 28.2 Å². The average Bonchev–Trinajstić information content (AvgIpc) is 3.40. The predicted octanol–water partition coefficient (Wildman–Crippen LogP) is 3.56. The lowest BCUT2D eigenvalue weighted by molar-refractivity contribution is 0.0956. The highest BCUT2D eigenvalue weighted by atomic mass is 31.0. The second kappa shape index (κ2) is 11.8. The number of carbonyl (C=O) groups excluding carboxylic acids is 1. The van der Waals surface area contributed by atoms with Crippen molar-refractivity contribution in [1.82, 2.24) is 15.3 Å². The van der Waals surface area contributed by atoms with Crippen LogP contribution in [0.25, 0.3) is 0 Å². The zero-order valence-corrected chi connectivity index (χ0v) is 20.9. The number of rotatable bonds is 7. The second-order valence-electron chi connectivity index (χ2n) is 8.38. The second-order valence-corrected chi connectivity index (χ2v) is 9.00. The number of nitrogens with one attached hydrogen (secondary N) is 3. The molecular formula is C24H33N8OP. The van der Waals surface area contributed by atoms with Gasteiger partial charge in [0.2, 0.25) is 5.95 Å². The Kier molecular flexibility index (Phi) is 8.78. The Morgan fingerprint density at radius 1 is 1.32 bits per heavy atom. The van der Waals surface area contributed by atoms with Crippen molar-refractivity contribution in [2.45, 2.75) is 58.0 Å². The molecular weight excluding hydrogens is 447 g/mol. The molecule has 1 aromatic carbocycles. The van der Waals surface area contributed by atoms with Gasteiger partial charge in [-0.3, -0.25) is 10.2 Å².